The van der Waals surface area contributed by atoms with Gasteiger partial charge in [0.1, 0.15) is 5.82 Å². The van der Waals surface area contributed by atoms with Crippen LogP contribution in [0.25, 0.3) is 5.69 Å². The third kappa shape index (κ3) is 2.90. The molecule has 2 aromatic rings. The fourth-order valence-electron chi connectivity index (χ4n) is 2.92. The van der Waals surface area contributed by atoms with Gasteiger partial charge in [-0.15, -0.1) is 0 Å². The molecule has 0 fully saturated rings. The lowest BCUT2D eigenvalue weighted by Gasteiger charge is -2.20. The number of imide groups is 1. The van der Waals surface area contributed by atoms with Crippen LogP contribution in [-0.4, -0.2) is 16.4 Å². The van der Waals surface area contributed by atoms with Gasteiger partial charge in [0.2, 0.25) is 0 Å². The van der Waals surface area contributed by atoms with Crippen molar-refractivity contribution >= 4 is 17.6 Å². The topological polar surface area (TPSA) is 94.2 Å². The van der Waals surface area contributed by atoms with Crippen molar-refractivity contribution < 1.29 is 35.9 Å². The Morgan fingerprint density at radius 1 is 0.929 bits per heavy atom. The predicted octanol–water partition coefficient (Wildman–Crippen LogP) is 2.65. The van der Waals surface area contributed by atoms with E-state index in [2.05, 4.69) is 0 Å². The Hall–Kier alpha value is -3.31. The Kier molecular flexibility index (Phi) is 4.06. The highest BCUT2D eigenvalue weighted by atomic mass is 19.4. The van der Waals surface area contributed by atoms with Crippen LogP contribution >= 0.6 is 0 Å². The maximum absolute atomic E-state index is 13.3. The predicted molar refractivity (Wildman–Crippen MR) is 83.0 cm³/mol. The van der Waals surface area contributed by atoms with Crippen molar-refractivity contribution in [2.75, 3.05) is 5.73 Å². The van der Waals surface area contributed by atoms with Gasteiger partial charge in [-0.3, -0.25) is 24.3 Å². The lowest BCUT2D eigenvalue weighted by atomic mass is 10.0. The number of pyridine rings is 1. The van der Waals surface area contributed by atoms with Gasteiger partial charge in [0.15, 0.2) is 0 Å². The van der Waals surface area contributed by atoms with E-state index in [0.29, 0.717) is 16.7 Å². The molecule has 1 aromatic carbocycles. The lowest BCUT2D eigenvalue weighted by Crippen LogP contribution is -2.26. The van der Waals surface area contributed by atoms with E-state index in [0.717, 1.165) is 6.92 Å². The number of fused-ring (bicyclic) bond motifs is 1. The van der Waals surface area contributed by atoms with E-state index in [1.165, 1.54) is 0 Å². The van der Waals surface area contributed by atoms with Gasteiger partial charge >= 0.3 is 12.4 Å². The van der Waals surface area contributed by atoms with Crippen molar-refractivity contribution in [2.24, 2.45) is 0 Å². The first-order valence-corrected chi connectivity index (χ1v) is 7.44. The molecule has 0 spiro atoms. The van der Waals surface area contributed by atoms with Crippen molar-refractivity contribution in [3.63, 3.8) is 0 Å². The molecule has 6 nitrogen and oxygen atoms in total. The average molecular weight is 405 g/mol. The van der Waals surface area contributed by atoms with Crippen molar-refractivity contribution in [3.05, 3.63) is 56.4 Å². The van der Waals surface area contributed by atoms with Crippen molar-refractivity contribution in [1.29, 1.82) is 0 Å². The van der Waals surface area contributed by atoms with E-state index in [-0.39, 0.29) is 6.07 Å². The van der Waals surface area contributed by atoms with Crippen molar-refractivity contribution in [3.8, 4) is 5.69 Å². The van der Waals surface area contributed by atoms with E-state index in [4.69, 9.17) is 5.73 Å². The highest BCUT2D eigenvalue weighted by molar-refractivity contribution is 6.23. The minimum Gasteiger partial charge on any atom is -0.384 e. The van der Waals surface area contributed by atoms with Crippen LogP contribution in [0.15, 0.2) is 23.0 Å². The second-order valence-corrected chi connectivity index (χ2v) is 5.94. The number of rotatable bonds is 1. The number of benzene rings is 1. The largest absolute Gasteiger partial charge is 0.416 e. The fourth-order valence-corrected chi connectivity index (χ4v) is 2.92. The molecular weight excluding hydrogens is 396 g/mol. The first kappa shape index (κ1) is 19.5. The first-order valence-electron chi connectivity index (χ1n) is 7.44. The monoisotopic (exact) mass is 405 g/mol. The van der Waals surface area contributed by atoms with Crippen LogP contribution in [0.3, 0.4) is 0 Å². The molecule has 0 aliphatic carbocycles. The van der Waals surface area contributed by atoms with Crippen LogP contribution in [0.4, 0.5) is 32.2 Å². The molecule has 0 bridgehead atoms. The normalized spacial score (nSPS) is 14.2. The molecule has 12 heteroatoms. The number of aromatic nitrogens is 1. The number of carbonyl (C=O) groups is 2. The molecule has 1 aliphatic rings. The molecule has 0 radical (unpaired) electrons. The standard InChI is InChI=1S/C16H9F6N3O3/c1-5-8(16(20,21)22)2-6(15(17,18)19)3-9(5)25-10(26)4-7-11(12(25)23)14(28)24-13(7)27/h2-4H,23H2,1H3,(H,24,27,28). The molecule has 28 heavy (non-hydrogen) atoms. The third-order valence-corrected chi connectivity index (χ3v) is 4.21. The van der Waals surface area contributed by atoms with Gasteiger partial charge in [-0.1, -0.05) is 0 Å². The highest BCUT2D eigenvalue weighted by Crippen LogP contribution is 2.40. The smallest absolute Gasteiger partial charge is 0.384 e. The van der Waals surface area contributed by atoms with Gasteiger partial charge in [0.05, 0.1) is 27.9 Å². The minimum atomic E-state index is -5.15. The first-order chi connectivity index (χ1) is 12.7. The van der Waals surface area contributed by atoms with Crippen LogP contribution in [0.2, 0.25) is 0 Å². The number of hydrogen-bond acceptors (Lipinski definition) is 4. The summed E-state index contributed by atoms with van der Waals surface area (Å²) in [6.45, 7) is 0.864. The van der Waals surface area contributed by atoms with Gasteiger partial charge in [-0.2, -0.15) is 26.3 Å². The van der Waals surface area contributed by atoms with Gasteiger partial charge in [0, 0.05) is 6.07 Å². The number of alkyl halides is 6. The van der Waals surface area contributed by atoms with Crippen LogP contribution in [0, 0.1) is 6.92 Å². The average Bonchev–Trinajstić information content (AvgIpc) is 2.80. The van der Waals surface area contributed by atoms with Gasteiger partial charge in [-0.25, -0.2) is 0 Å². The van der Waals surface area contributed by atoms with E-state index in [1.54, 1.807) is 0 Å². The Morgan fingerprint density at radius 3 is 2.07 bits per heavy atom. The molecule has 3 N–H and O–H groups in total. The molecule has 0 saturated heterocycles. The summed E-state index contributed by atoms with van der Waals surface area (Å²) in [7, 11) is 0. The molecular formula is C16H9F6N3O3. The number of halogens is 6. The number of nitrogens with one attached hydrogen (secondary N) is 1. The second kappa shape index (κ2) is 5.84. The summed E-state index contributed by atoms with van der Waals surface area (Å²) in [5.74, 6) is -2.72. The Bertz CT molecular complexity index is 1100. The fraction of sp³-hybridized carbons (Fsp3) is 0.188. The molecule has 0 unspecified atom stereocenters. The molecule has 0 saturated carbocycles. The molecule has 148 valence electrons. The Labute approximate surface area is 151 Å². The van der Waals surface area contributed by atoms with E-state index >= 15 is 0 Å². The van der Waals surface area contributed by atoms with Gasteiger partial charge in [-0.05, 0) is 24.6 Å². The summed E-state index contributed by atoms with van der Waals surface area (Å²) < 4.78 is 79.5. The number of anilines is 1. The highest BCUT2D eigenvalue weighted by Gasteiger charge is 2.40. The van der Waals surface area contributed by atoms with Crippen LogP contribution in [-0.2, 0) is 12.4 Å². The Balaban J connectivity index is 2.43. The summed E-state index contributed by atoms with van der Waals surface area (Å²) in [6.07, 6.45) is -10.3. The number of carbonyl (C=O) groups excluding carboxylic acids is 2. The summed E-state index contributed by atoms with van der Waals surface area (Å²) in [5.41, 5.74) is -1.19. The van der Waals surface area contributed by atoms with Crippen molar-refractivity contribution in [2.45, 2.75) is 19.3 Å². The number of nitrogens with two attached hydrogens (primary N) is 1. The second-order valence-electron chi connectivity index (χ2n) is 5.94. The molecule has 1 aromatic heterocycles. The molecule has 2 heterocycles. The molecule has 0 atom stereocenters. The van der Waals surface area contributed by atoms with Crippen LogP contribution < -0.4 is 16.6 Å². The molecule has 2 amide bonds. The third-order valence-electron chi connectivity index (χ3n) is 4.21. The van der Waals surface area contributed by atoms with Gasteiger partial charge in [0.25, 0.3) is 17.4 Å². The maximum atomic E-state index is 13.3. The Morgan fingerprint density at radius 2 is 1.54 bits per heavy atom. The SMILES string of the molecule is Cc1c(-n2c(N)c3c(cc2=O)C(=O)NC3=O)cc(C(F)(F)F)cc1C(F)(F)F. The maximum Gasteiger partial charge on any atom is 0.416 e. The van der Waals surface area contributed by atoms with E-state index in [1.807, 2.05) is 5.32 Å². The zero-order valence-electron chi connectivity index (χ0n) is 13.7. The summed E-state index contributed by atoms with van der Waals surface area (Å²) in [4.78, 5) is 35.8. The lowest BCUT2D eigenvalue weighted by molar-refractivity contribution is -0.143. The van der Waals surface area contributed by atoms with E-state index < -0.39 is 69.0 Å². The summed E-state index contributed by atoms with van der Waals surface area (Å²) >= 11 is 0. The quantitative estimate of drug-likeness (QED) is 0.564. The number of amides is 2. The van der Waals surface area contributed by atoms with Gasteiger partial charge < -0.3 is 5.73 Å². The van der Waals surface area contributed by atoms with Crippen LogP contribution in [0.1, 0.15) is 37.4 Å². The molecule has 1 aliphatic heterocycles. The molecule has 3 rings (SSSR count). The van der Waals surface area contributed by atoms with E-state index in [9.17, 15) is 40.7 Å². The summed E-state index contributed by atoms with van der Waals surface area (Å²) in [6, 6.07) is 0.867. The van der Waals surface area contributed by atoms with Crippen molar-refractivity contribution in [1.82, 2.24) is 9.88 Å². The number of hydrogen-bond donors (Lipinski definition) is 2. The number of nitrogen functional groups attached to an aromatic ring is 1. The number of nitrogens with zero attached hydrogens (tertiary/aromatic N) is 1. The zero-order chi connectivity index (χ0) is 21.2. The zero-order valence-corrected chi connectivity index (χ0v) is 13.7. The van der Waals surface area contributed by atoms with Crippen LogP contribution in [0.5, 0.6) is 0 Å². The minimum absolute atomic E-state index is 0.0797. The summed E-state index contributed by atoms with van der Waals surface area (Å²) in [5, 5.41) is 1.84.